The zero-order chi connectivity index (χ0) is 14.7. The standard InChI is InChI=1S/C12H15N5OS2/c1-14-10(18)8-5-4-7(13)6-9(8)19-12-16-15-11(20-12)17(2)3/h4-6H,13H2,1-3H3,(H,14,18). The van der Waals surface area contributed by atoms with Gasteiger partial charge in [0, 0.05) is 31.7 Å². The van der Waals surface area contributed by atoms with Gasteiger partial charge in [-0.15, -0.1) is 10.2 Å². The van der Waals surface area contributed by atoms with Crippen LogP contribution < -0.4 is 16.0 Å². The highest BCUT2D eigenvalue weighted by molar-refractivity contribution is 8.01. The molecular formula is C12H15N5OS2. The first-order chi connectivity index (χ1) is 9.51. The highest BCUT2D eigenvalue weighted by atomic mass is 32.2. The predicted octanol–water partition coefficient (Wildman–Crippen LogP) is 1.70. The maximum atomic E-state index is 11.8. The maximum absolute atomic E-state index is 11.8. The fourth-order valence-electron chi connectivity index (χ4n) is 1.46. The Morgan fingerprint density at radius 1 is 1.40 bits per heavy atom. The number of nitrogens with zero attached hydrogens (tertiary/aromatic N) is 3. The summed E-state index contributed by atoms with van der Waals surface area (Å²) in [5.41, 5.74) is 6.98. The molecule has 106 valence electrons. The van der Waals surface area contributed by atoms with E-state index in [0.29, 0.717) is 11.3 Å². The maximum Gasteiger partial charge on any atom is 0.252 e. The van der Waals surface area contributed by atoms with Crippen molar-refractivity contribution in [2.24, 2.45) is 0 Å². The van der Waals surface area contributed by atoms with Gasteiger partial charge < -0.3 is 16.0 Å². The molecule has 0 aliphatic rings. The van der Waals surface area contributed by atoms with Gasteiger partial charge in [0.2, 0.25) is 5.13 Å². The number of anilines is 2. The number of nitrogens with one attached hydrogen (secondary N) is 1. The number of carbonyl (C=O) groups excluding carboxylic acids is 1. The van der Waals surface area contributed by atoms with E-state index < -0.39 is 0 Å². The van der Waals surface area contributed by atoms with Gasteiger partial charge in [0.25, 0.3) is 5.91 Å². The minimum Gasteiger partial charge on any atom is -0.399 e. The Bertz CT molecular complexity index is 626. The van der Waals surface area contributed by atoms with Crippen LogP contribution in [0.2, 0.25) is 0 Å². The molecule has 0 spiro atoms. The van der Waals surface area contributed by atoms with Crippen molar-refractivity contribution >= 4 is 39.8 Å². The zero-order valence-electron chi connectivity index (χ0n) is 11.4. The highest BCUT2D eigenvalue weighted by Gasteiger charge is 2.14. The van der Waals surface area contributed by atoms with Crippen molar-refractivity contribution in [3.63, 3.8) is 0 Å². The second kappa shape index (κ2) is 6.10. The lowest BCUT2D eigenvalue weighted by molar-refractivity contribution is 0.0960. The van der Waals surface area contributed by atoms with Gasteiger partial charge in [0.05, 0.1) is 5.56 Å². The molecular weight excluding hydrogens is 294 g/mol. The molecule has 0 saturated heterocycles. The third-order valence-corrected chi connectivity index (χ3v) is 4.65. The average Bonchev–Trinajstić information content (AvgIpc) is 2.87. The molecule has 0 atom stereocenters. The number of amides is 1. The van der Waals surface area contributed by atoms with E-state index in [1.807, 2.05) is 19.0 Å². The second-order valence-corrected chi connectivity index (χ2v) is 6.43. The van der Waals surface area contributed by atoms with E-state index in [1.54, 1.807) is 25.2 Å². The van der Waals surface area contributed by atoms with E-state index >= 15 is 0 Å². The molecule has 0 radical (unpaired) electrons. The summed E-state index contributed by atoms with van der Waals surface area (Å²) in [7, 11) is 5.42. The van der Waals surface area contributed by atoms with Crippen LogP contribution in [-0.4, -0.2) is 37.2 Å². The number of nitrogen functional groups attached to an aromatic ring is 1. The van der Waals surface area contributed by atoms with Crippen molar-refractivity contribution in [1.29, 1.82) is 0 Å². The third-order valence-electron chi connectivity index (χ3n) is 2.45. The Morgan fingerprint density at radius 2 is 2.15 bits per heavy atom. The number of hydrogen-bond donors (Lipinski definition) is 2. The van der Waals surface area contributed by atoms with E-state index in [0.717, 1.165) is 14.4 Å². The Morgan fingerprint density at radius 3 is 2.75 bits per heavy atom. The number of hydrogen-bond acceptors (Lipinski definition) is 7. The summed E-state index contributed by atoms with van der Waals surface area (Å²) in [4.78, 5) is 14.5. The van der Waals surface area contributed by atoms with Crippen molar-refractivity contribution in [3.05, 3.63) is 23.8 Å². The number of nitrogens with two attached hydrogens (primary N) is 1. The monoisotopic (exact) mass is 309 g/mol. The molecule has 8 heteroatoms. The fourth-order valence-corrected chi connectivity index (χ4v) is 3.36. The third kappa shape index (κ3) is 3.20. The molecule has 1 amide bonds. The van der Waals surface area contributed by atoms with Crippen LogP contribution in [0.15, 0.2) is 27.4 Å². The zero-order valence-corrected chi connectivity index (χ0v) is 13.0. The van der Waals surface area contributed by atoms with Crippen LogP contribution in [0.1, 0.15) is 10.4 Å². The minimum atomic E-state index is -0.148. The van der Waals surface area contributed by atoms with Gasteiger partial charge in [0.15, 0.2) is 4.34 Å². The average molecular weight is 309 g/mol. The summed E-state index contributed by atoms with van der Waals surface area (Å²) >= 11 is 2.85. The lowest BCUT2D eigenvalue weighted by atomic mass is 10.2. The molecule has 20 heavy (non-hydrogen) atoms. The van der Waals surface area contributed by atoms with Gasteiger partial charge in [-0.2, -0.15) is 0 Å². The van der Waals surface area contributed by atoms with Crippen molar-refractivity contribution < 1.29 is 4.79 Å². The van der Waals surface area contributed by atoms with Crippen molar-refractivity contribution in [2.75, 3.05) is 31.8 Å². The van der Waals surface area contributed by atoms with Crippen LogP contribution >= 0.6 is 23.1 Å². The Balaban J connectivity index is 2.31. The number of rotatable bonds is 4. The largest absolute Gasteiger partial charge is 0.399 e. The van der Waals surface area contributed by atoms with Crippen LogP contribution in [-0.2, 0) is 0 Å². The van der Waals surface area contributed by atoms with Crippen LogP contribution in [0, 0.1) is 0 Å². The van der Waals surface area contributed by atoms with Gasteiger partial charge in [0.1, 0.15) is 0 Å². The molecule has 2 rings (SSSR count). The molecule has 0 aliphatic heterocycles. The fraction of sp³-hybridized carbons (Fsp3) is 0.250. The summed E-state index contributed by atoms with van der Waals surface area (Å²) < 4.78 is 0.768. The molecule has 1 aromatic heterocycles. The lowest BCUT2D eigenvalue weighted by Crippen LogP contribution is -2.18. The van der Waals surface area contributed by atoms with Crippen molar-refractivity contribution in [1.82, 2.24) is 15.5 Å². The van der Waals surface area contributed by atoms with E-state index in [1.165, 1.54) is 23.1 Å². The molecule has 2 aromatic rings. The number of carbonyl (C=O) groups is 1. The first kappa shape index (κ1) is 14.6. The molecule has 0 unspecified atom stereocenters. The molecule has 6 nitrogen and oxygen atoms in total. The summed E-state index contributed by atoms with van der Waals surface area (Å²) in [5.74, 6) is -0.148. The molecule has 0 fully saturated rings. The molecule has 0 bridgehead atoms. The number of benzene rings is 1. The molecule has 1 heterocycles. The summed E-state index contributed by atoms with van der Waals surface area (Å²) in [6.07, 6.45) is 0. The predicted molar refractivity (Wildman–Crippen MR) is 82.6 cm³/mol. The Hall–Kier alpha value is -1.80. The molecule has 0 saturated carbocycles. The van der Waals surface area contributed by atoms with Gasteiger partial charge in [-0.05, 0) is 18.2 Å². The van der Waals surface area contributed by atoms with E-state index in [4.69, 9.17) is 5.73 Å². The highest BCUT2D eigenvalue weighted by Crippen LogP contribution is 2.35. The first-order valence-electron chi connectivity index (χ1n) is 5.81. The van der Waals surface area contributed by atoms with Crippen molar-refractivity contribution in [2.45, 2.75) is 9.24 Å². The van der Waals surface area contributed by atoms with Gasteiger partial charge in [-0.1, -0.05) is 23.1 Å². The van der Waals surface area contributed by atoms with Crippen molar-refractivity contribution in [3.8, 4) is 0 Å². The topological polar surface area (TPSA) is 84.1 Å². The quantitative estimate of drug-likeness (QED) is 0.836. The SMILES string of the molecule is CNC(=O)c1ccc(N)cc1Sc1nnc(N(C)C)s1. The Labute approximate surface area is 125 Å². The normalized spacial score (nSPS) is 10.3. The minimum absolute atomic E-state index is 0.148. The van der Waals surface area contributed by atoms with Crippen LogP contribution in [0.5, 0.6) is 0 Å². The first-order valence-corrected chi connectivity index (χ1v) is 7.45. The van der Waals surface area contributed by atoms with Gasteiger partial charge in [-0.25, -0.2) is 0 Å². The summed E-state index contributed by atoms with van der Waals surface area (Å²) in [6, 6.07) is 5.19. The van der Waals surface area contributed by atoms with Gasteiger partial charge >= 0.3 is 0 Å². The van der Waals surface area contributed by atoms with Crippen LogP contribution in [0.4, 0.5) is 10.8 Å². The van der Waals surface area contributed by atoms with Crippen LogP contribution in [0.3, 0.4) is 0 Å². The van der Waals surface area contributed by atoms with Gasteiger partial charge in [-0.3, -0.25) is 4.79 Å². The van der Waals surface area contributed by atoms with E-state index in [-0.39, 0.29) is 5.91 Å². The summed E-state index contributed by atoms with van der Waals surface area (Å²) in [5, 5.41) is 11.6. The van der Waals surface area contributed by atoms with E-state index in [9.17, 15) is 4.79 Å². The summed E-state index contributed by atoms with van der Waals surface area (Å²) in [6.45, 7) is 0. The smallest absolute Gasteiger partial charge is 0.252 e. The molecule has 1 aromatic carbocycles. The second-order valence-electron chi connectivity index (χ2n) is 4.18. The number of aromatic nitrogens is 2. The lowest BCUT2D eigenvalue weighted by Gasteiger charge is -2.07. The van der Waals surface area contributed by atoms with Crippen LogP contribution in [0.25, 0.3) is 0 Å². The Kier molecular flexibility index (Phi) is 4.46. The molecule has 0 aliphatic carbocycles. The van der Waals surface area contributed by atoms with E-state index in [2.05, 4.69) is 15.5 Å². The molecule has 3 N–H and O–H groups in total.